The van der Waals surface area contributed by atoms with Gasteiger partial charge in [-0.05, 0) is 38.1 Å². The number of fused-ring (bicyclic) bond motifs is 2. The molecular weight excluding hydrogens is 360 g/mol. The Labute approximate surface area is 168 Å². The molecular formula is C23H20N6. The van der Waals surface area contributed by atoms with Crippen LogP contribution in [0.5, 0.6) is 0 Å². The lowest BCUT2D eigenvalue weighted by Crippen LogP contribution is -2.12. The summed E-state index contributed by atoms with van der Waals surface area (Å²) in [6.45, 7) is 4.16. The van der Waals surface area contributed by atoms with Gasteiger partial charge in [0.2, 0.25) is 0 Å². The second kappa shape index (κ2) is 6.98. The Morgan fingerprint density at radius 1 is 0.931 bits per heavy atom. The van der Waals surface area contributed by atoms with Crippen molar-refractivity contribution in [2.24, 2.45) is 0 Å². The number of aryl methyl sites for hydroxylation is 1. The summed E-state index contributed by atoms with van der Waals surface area (Å²) in [6.07, 6.45) is 3.44. The van der Waals surface area contributed by atoms with E-state index in [1.54, 1.807) is 12.5 Å². The monoisotopic (exact) mass is 380 g/mol. The van der Waals surface area contributed by atoms with Gasteiger partial charge in [-0.1, -0.05) is 35.9 Å². The molecule has 6 nitrogen and oxygen atoms in total. The van der Waals surface area contributed by atoms with Crippen molar-refractivity contribution in [2.75, 3.05) is 5.32 Å². The molecule has 5 rings (SSSR count). The summed E-state index contributed by atoms with van der Waals surface area (Å²) in [6, 6.07) is 18.1. The maximum Gasteiger partial charge on any atom is 0.154 e. The molecule has 1 atom stereocenters. The van der Waals surface area contributed by atoms with E-state index in [-0.39, 0.29) is 6.04 Å². The number of aromatic amines is 1. The van der Waals surface area contributed by atoms with E-state index in [2.05, 4.69) is 58.4 Å². The average Bonchev–Trinajstić information content (AvgIpc) is 3.23. The predicted molar refractivity (Wildman–Crippen MR) is 116 cm³/mol. The molecule has 0 aliphatic heterocycles. The van der Waals surface area contributed by atoms with Crippen molar-refractivity contribution in [3.63, 3.8) is 0 Å². The molecule has 2 N–H and O–H groups in total. The smallest absolute Gasteiger partial charge is 0.154 e. The Morgan fingerprint density at radius 3 is 2.59 bits per heavy atom. The Morgan fingerprint density at radius 2 is 1.76 bits per heavy atom. The van der Waals surface area contributed by atoms with E-state index in [0.29, 0.717) is 0 Å². The maximum absolute atomic E-state index is 4.96. The maximum atomic E-state index is 4.96. The van der Waals surface area contributed by atoms with Crippen molar-refractivity contribution in [3.05, 3.63) is 78.4 Å². The fraction of sp³-hybridized carbons (Fsp3) is 0.130. The normalized spacial score (nSPS) is 12.3. The van der Waals surface area contributed by atoms with Gasteiger partial charge in [0.05, 0.1) is 40.3 Å². The van der Waals surface area contributed by atoms with Gasteiger partial charge in [0.1, 0.15) is 5.52 Å². The Bertz CT molecular complexity index is 1320. The van der Waals surface area contributed by atoms with Crippen LogP contribution in [0.3, 0.4) is 0 Å². The molecule has 0 aliphatic carbocycles. The molecule has 2 aromatic carbocycles. The molecule has 29 heavy (non-hydrogen) atoms. The highest BCUT2D eigenvalue weighted by Crippen LogP contribution is 2.30. The summed E-state index contributed by atoms with van der Waals surface area (Å²) in [7, 11) is 0. The van der Waals surface area contributed by atoms with Gasteiger partial charge < -0.3 is 10.3 Å². The van der Waals surface area contributed by atoms with Crippen molar-refractivity contribution < 1.29 is 0 Å². The third-order valence-corrected chi connectivity index (χ3v) is 4.99. The lowest BCUT2D eigenvalue weighted by Gasteiger charge is -2.18. The van der Waals surface area contributed by atoms with E-state index in [9.17, 15) is 0 Å². The number of rotatable bonds is 4. The number of imidazole rings is 1. The highest BCUT2D eigenvalue weighted by Gasteiger charge is 2.18. The minimum Gasteiger partial charge on any atom is -0.360 e. The molecule has 5 aromatic rings. The van der Waals surface area contributed by atoms with Crippen molar-refractivity contribution in [1.29, 1.82) is 0 Å². The van der Waals surface area contributed by atoms with Crippen molar-refractivity contribution in [2.45, 2.75) is 19.9 Å². The second-order valence-corrected chi connectivity index (χ2v) is 7.14. The number of nitrogens with one attached hydrogen (secondary N) is 2. The third kappa shape index (κ3) is 3.18. The quantitative estimate of drug-likeness (QED) is 0.456. The Kier molecular flexibility index (Phi) is 4.17. The highest BCUT2D eigenvalue weighted by atomic mass is 15.1. The fourth-order valence-corrected chi connectivity index (χ4v) is 3.57. The molecule has 3 aromatic heterocycles. The zero-order chi connectivity index (χ0) is 19.8. The molecule has 0 spiro atoms. The van der Waals surface area contributed by atoms with Crippen molar-refractivity contribution in [3.8, 4) is 11.3 Å². The van der Waals surface area contributed by atoms with Crippen LogP contribution in [0.15, 0.2) is 67.1 Å². The number of H-pyrrole nitrogens is 1. The topological polar surface area (TPSA) is 79.4 Å². The van der Waals surface area contributed by atoms with Crippen molar-refractivity contribution in [1.82, 2.24) is 24.9 Å². The molecule has 0 bridgehead atoms. The van der Waals surface area contributed by atoms with E-state index in [1.165, 1.54) is 5.56 Å². The summed E-state index contributed by atoms with van der Waals surface area (Å²) in [5, 5.41) is 3.48. The van der Waals surface area contributed by atoms with Crippen molar-refractivity contribution >= 4 is 27.9 Å². The molecule has 0 amide bonds. The molecule has 0 saturated heterocycles. The number of hydrogen-bond acceptors (Lipinski definition) is 5. The molecule has 0 saturated carbocycles. The average molecular weight is 380 g/mol. The summed E-state index contributed by atoms with van der Waals surface area (Å²) >= 11 is 0. The van der Waals surface area contributed by atoms with Gasteiger partial charge in [0.25, 0.3) is 0 Å². The zero-order valence-electron chi connectivity index (χ0n) is 16.2. The van der Waals surface area contributed by atoms with E-state index >= 15 is 0 Å². The van der Waals surface area contributed by atoms with Crippen LogP contribution in [0.1, 0.15) is 24.2 Å². The molecule has 0 radical (unpaired) electrons. The first-order valence-corrected chi connectivity index (χ1v) is 9.57. The number of aromatic nitrogens is 5. The molecule has 3 heterocycles. The summed E-state index contributed by atoms with van der Waals surface area (Å²) in [4.78, 5) is 21.9. The molecule has 0 aliphatic rings. The van der Waals surface area contributed by atoms with E-state index in [1.807, 2.05) is 30.3 Å². The van der Waals surface area contributed by atoms with Gasteiger partial charge in [-0.2, -0.15) is 0 Å². The summed E-state index contributed by atoms with van der Waals surface area (Å²) in [5.41, 5.74) is 7.50. The SMILES string of the molecule is Cc1cccc(-c2nc3ccccc3nc2C(C)Nc2nccc3[nH]cnc23)c1. The van der Waals surface area contributed by atoms with Crippen LogP contribution < -0.4 is 5.32 Å². The number of para-hydroxylation sites is 2. The van der Waals surface area contributed by atoms with Crippen LogP contribution in [0, 0.1) is 6.92 Å². The number of hydrogen-bond donors (Lipinski definition) is 2. The minimum atomic E-state index is -0.114. The van der Waals surface area contributed by atoms with Crippen LogP contribution in [0.4, 0.5) is 5.82 Å². The fourth-order valence-electron chi connectivity index (χ4n) is 3.57. The van der Waals surface area contributed by atoms with Crippen LogP contribution in [0.25, 0.3) is 33.3 Å². The molecule has 142 valence electrons. The summed E-state index contributed by atoms with van der Waals surface area (Å²) < 4.78 is 0. The largest absolute Gasteiger partial charge is 0.360 e. The molecule has 0 fully saturated rings. The third-order valence-electron chi connectivity index (χ3n) is 4.99. The Balaban J connectivity index is 1.64. The van der Waals surface area contributed by atoms with Gasteiger partial charge in [-0.3, -0.25) is 0 Å². The van der Waals surface area contributed by atoms with E-state index in [4.69, 9.17) is 9.97 Å². The van der Waals surface area contributed by atoms with Gasteiger partial charge in [0, 0.05) is 11.8 Å². The number of benzene rings is 2. The van der Waals surface area contributed by atoms with Crippen LogP contribution >= 0.6 is 0 Å². The van der Waals surface area contributed by atoms with Crippen LogP contribution in [0.2, 0.25) is 0 Å². The first-order valence-electron chi connectivity index (χ1n) is 9.57. The predicted octanol–water partition coefficient (Wildman–Crippen LogP) is 5.05. The second-order valence-electron chi connectivity index (χ2n) is 7.14. The number of anilines is 1. The molecule has 6 heteroatoms. The van der Waals surface area contributed by atoms with Gasteiger partial charge in [0.15, 0.2) is 5.82 Å². The van der Waals surface area contributed by atoms with E-state index < -0.39 is 0 Å². The Hall–Kier alpha value is -3.80. The highest BCUT2D eigenvalue weighted by molar-refractivity contribution is 5.85. The zero-order valence-corrected chi connectivity index (χ0v) is 16.2. The summed E-state index contributed by atoms with van der Waals surface area (Å²) in [5.74, 6) is 0.724. The lowest BCUT2D eigenvalue weighted by molar-refractivity contribution is 0.836. The van der Waals surface area contributed by atoms with Gasteiger partial charge in [-0.25, -0.2) is 19.9 Å². The first kappa shape index (κ1) is 17.3. The minimum absolute atomic E-state index is 0.114. The number of nitrogens with zero attached hydrogens (tertiary/aromatic N) is 4. The van der Waals surface area contributed by atoms with Gasteiger partial charge in [-0.15, -0.1) is 0 Å². The molecule has 1 unspecified atom stereocenters. The number of pyridine rings is 1. The lowest BCUT2D eigenvalue weighted by atomic mass is 10.0. The van der Waals surface area contributed by atoms with Crippen LogP contribution in [-0.2, 0) is 0 Å². The van der Waals surface area contributed by atoms with Crippen LogP contribution in [-0.4, -0.2) is 24.9 Å². The first-order chi connectivity index (χ1) is 14.2. The standard InChI is InChI=1S/C23H20N6/c1-14-6-5-7-16(12-14)21-20(28-17-8-3-4-9-18(17)29-21)15(2)27-23-22-19(10-11-24-23)25-13-26-22/h3-13,15H,1-2H3,(H,24,27)(H,25,26). The van der Waals surface area contributed by atoms with E-state index in [0.717, 1.165) is 44.8 Å². The van der Waals surface area contributed by atoms with Gasteiger partial charge >= 0.3 is 0 Å².